The van der Waals surface area contributed by atoms with E-state index < -0.39 is 0 Å². The molecule has 0 spiro atoms. The first kappa shape index (κ1) is 12.9. The molecule has 0 heterocycles. The highest BCUT2D eigenvalue weighted by atomic mass is 32.1. The van der Waals surface area contributed by atoms with Gasteiger partial charge >= 0.3 is 0 Å². The SMILES string of the molecule is CCCCNC(=S)N(C)c1ccc(F)cc1. The Labute approximate surface area is 101 Å². The largest absolute Gasteiger partial charge is 0.362 e. The topological polar surface area (TPSA) is 15.3 Å². The summed E-state index contributed by atoms with van der Waals surface area (Å²) in [7, 11) is 1.87. The van der Waals surface area contributed by atoms with Gasteiger partial charge in [-0.3, -0.25) is 0 Å². The van der Waals surface area contributed by atoms with Crippen molar-refractivity contribution in [2.75, 3.05) is 18.5 Å². The van der Waals surface area contributed by atoms with Crippen molar-refractivity contribution in [3.05, 3.63) is 30.1 Å². The van der Waals surface area contributed by atoms with E-state index in [-0.39, 0.29) is 5.82 Å². The molecule has 0 unspecified atom stereocenters. The highest BCUT2D eigenvalue weighted by molar-refractivity contribution is 7.80. The van der Waals surface area contributed by atoms with Crippen LogP contribution in [0.4, 0.5) is 10.1 Å². The minimum absolute atomic E-state index is 0.234. The highest BCUT2D eigenvalue weighted by Gasteiger charge is 2.05. The fraction of sp³-hybridized carbons (Fsp3) is 0.417. The molecule has 4 heteroatoms. The molecule has 0 bridgehead atoms. The first-order valence-electron chi connectivity index (χ1n) is 5.42. The molecule has 88 valence electrons. The molecule has 1 aromatic carbocycles. The third-order valence-corrected chi connectivity index (χ3v) is 2.74. The number of unbranched alkanes of at least 4 members (excludes halogenated alkanes) is 1. The summed E-state index contributed by atoms with van der Waals surface area (Å²) in [6.07, 6.45) is 2.23. The molecule has 0 amide bonds. The fourth-order valence-electron chi connectivity index (χ4n) is 1.27. The van der Waals surface area contributed by atoms with Crippen molar-refractivity contribution in [3.8, 4) is 0 Å². The van der Waals surface area contributed by atoms with Gasteiger partial charge in [0.05, 0.1) is 0 Å². The smallest absolute Gasteiger partial charge is 0.173 e. The van der Waals surface area contributed by atoms with Crippen LogP contribution in [0.3, 0.4) is 0 Å². The van der Waals surface area contributed by atoms with Crippen LogP contribution in [0.1, 0.15) is 19.8 Å². The number of nitrogens with one attached hydrogen (secondary N) is 1. The summed E-state index contributed by atoms with van der Waals surface area (Å²) < 4.78 is 12.7. The molecule has 0 radical (unpaired) electrons. The van der Waals surface area contributed by atoms with Crippen molar-refractivity contribution in [1.29, 1.82) is 0 Å². The molecule has 0 aliphatic carbocycles. The van der Waals surface area contributed by atoms with E-state index >= 15 is 0 Å². The Morgan fingerprint density at radius 2 is 2.00 bits per heavy atom. The molecule has 0 fully saturated rings. The monoisotopic (exact) mass is 240 g/mol. The maximum Gasteiger partial charge on any atom is 0.173 e. The van der Waals surface area contributed by atoms with Crippen LogP contribution in [0.15, 0.2) is 24.3 Å². The van der Waals surface area contributed by atoms with Gasteiger partial charge in [0.15, 0.2) is 5.11 Å². The van der Waals surface area contributed by atoms with E-state index in [1.54, 1.807) is 12.1 Å². The molecule has 1 rings (SSSR count). The van der Waals surface area contributed by atoms with Crippen LogP contribution in [0, 0.1) is 5.82 Å². The van der Waals surface area contributed by atoms with Crippen molar-refractivity contribution in [2.24, 2.45) is 0 Å². The van der Waals surface area contributed by atoms with Gasteiger partial charge in [-0.25, -0.2) is 4.39 Å². The van der Waals surface area contributed by atoms with Gasteiger partial charge in [0.1, 0.15) is 5.82 Å². The fourth-order valence-corrected chi connectivity index (χ4v) is 1.48. The lowest BCUT2D eigenvalue weighted by molar-refractivity contribution is 0.628. The summed E-state index contributed by atoms with van der Waals surface area (Å²) >= 11 is 5.23. The molecule has 16 heavy (non-hydrogen) atoms. The maximum atomic E-state index is 12.7. The zero-order chi connectivity index (χ0) is 12.0. The lowest BCUT2D eigenvalue weighted by atomic mass is 10.3. The van der Waals surface area contributed by atoms with E-state index in [4.69, 9.17) is 12.2 Å². The van der Waals surface area contributed by atoms with Gasteiger partial charge in [0.2, 0.25) is 0 Å². The second-order valence-electron chi connectivity index (χ2n) is 3.62. The van der Waals surface area contributed by atoms with Crippen LogP contribution < -0.4 is 10.2 Å². The molecular weight excluding hydrogens is 223 g/mol. The Hall–Kier alpha value is -1.16. The molecule has 0 aromatic heterocycles. The summed E-state index contributed by atoms with van der Waals surface area (Å²) in [6.45, 7) is 3.01. The molecule has 0 atom stereocenters. The number of benzene rings is 1. The number of nitrogens with zero attached hydrogens (tertiary/aromatic N) is 1. The van der Waals surface area contributed by atoms with Gasteiger partial charge in [-0.2, -0.15) is 0 Å². The van der Waals surface area contributed by atoms with E-state index in [0.29, 0.717) is 5.11 Å². The Balaban J connectivity index is 2.53. The van der Waals surface area contributed by atoms with Crippen LogP contribution >= 0.6 is 12.2 Å². The molecule has 0 aliphatic rings. The van der Waals surface area contributed by atoms with Crippen LogP contribution in [-0.4, -0.2) is 18.7 Å². The second-order valence-corrected chi connectivity index (χ2v) is 4.01. The van der Waals surface area contributed by atoms with E-state index in [1.165, 1.54) is 12.1 Å². The average Bonchev–Trinajstić information content (AvgIpc) is 2.29. The van der Waals surface area contributed by atoms with Gasteiger partial charge in [-0.1, -0.05) is 13.3 Å². The number of halogens is 1. The molecule has 1 N–H and O–H groups in total. The molecule has 1 aromatic rings. The number of hydrogen-bond donors (Lipinski definition) is 1. The predicted molar refractivity (Wildman–Crippen MR) is 70.3 cm³/mol. The molecule has 0 aliphatic heterocycles. The van der Waals surface area contributed by atoms with Gasteiger partial charge in [-0.05, 0) is 42.9 Å². The minimum Gasteiger partial charge on any atom is -0.362 e. The van der Waals surface area contributed by atoms with Gasteiger partial charge in [0.25, 0.3) is 0 Å². The zero-order valence-electron chi connectivity index (χ0n) is 9.66. The van der Waals surface area contributed by atoms with Crippen molar-refractivity contribution < 1.29 is 4.39 Å². The average molecular weight is 240 g/mol. The molecule has 2 nitrogen and oxygen atoms in total. The summed E-state index contributed by atoms with van der Waals surface area (Å²) in [6, 6.07) is 6.28. The normalized spacial score (nSPS) is 9.94. The van der Waals surface area contributed by atoms with Crippen molar-refractivity contribution >= 4 is 23.0 Å². The lowest BCUT2D eigenvalue weighted by Gasteiger charge is -2.21. The summed E-state index contributed by atoms with van der Waals surface area (Å²) in [4.78, 5) is 1.84. The molecule has 0 saturated carbocycles. The van der Waals surface area contributed by atoms with Gasteiger partial charge in [-0.15, -0.1) is 0 Å². The van der Waals surface area contributed by atoms with Gasteiger partial charge < -0.3 is 10.2 Å². The maximum absolute atomic E-state index is 12.7. The Bertz CT molecular complexity index is 337. The van der Waals surface area contributed by atoms with E-state index in [0.717, 1.165) is 25.1 Å². The third kappa shape index (κ3) is 3.77. The second kappa shape index (κ2) is 6.43. The number of anilines is 1. The Kier molecular flexibility index (Phi) is 5.19. The van der Waals surface area contributed by atoms with E-state index in [9.17, 15) is 4.39 Å². The Morgan fingerprint density at radius 1 is 1.38 bits per heavy atom. The van der Waals surface area contributed by atoms with Crippen molar-refractivity contribution in [2.45, 2.75) is 19.8 Å². The van der Waals surface area contributed by atoms with E-state index in [1.807, 2.05) is 11.9 Å². The predicted octanol–water partition coefficient (Wildman–Crippen LogP) is 2.94. The van der Waals surface area contributed by atoms with Crippen LogP contribution in [0.2, 0.25) is 0 Å². The first-order chi connectivity index (χ1) is 7.65. The number of hydrogen-bond acceptors (Lipinski definition) is 1. The van der Waals surface area contributed by atoms with Crippen LogP contribution in [0.5, 0.6) is 0 Å². The summed E-state index contributed by atoms with van der Waals surface area (Å²) in [5.41, 5.74) is 0.885. The quantitative estimate of drug-likeness (QED) is 0.643. The van der Waals surface area contributed by atoms with Gasteiger partial charge in [0, 0.05) is 19.3 Å². The number of thiocarbonyl (C=S) groups is 1. The summed E-state index contributed by atoms with van der Waals surface area (Å²) in [5, 5.41) is 3.83. The van der Waals surface area contributed by atoms with Crippen LogP contribution in [-0.2, 0) is 0 Å². The third-order valence-electron chi connectivity index (χ3n) is 2.33. The minimum atomic E-state index is -0.234. The highest BCUT2D eigenvalue weighted by Crippen LogP contribution is 2.12. The Morgan fingerprint density at radius 3 is 2.56 bits per heavy atom. The standard InChI is InChI=1S/C12H17FN2S/c1-3-4-9-14-12(16)15(2)11-7-5-10(13)6-8-11/h5-8H,3-4,9H2,1-2H3,(H,14,16). The summed E-state index contributed by atoms with van der Waals surface area (Å²) in [5.74, 6) is -0.234. The van der Waals surface area contributed by atoms with Crippen LogP contribution in [0.25, 0.3) is 0 Å². The lowest BCUT2D eigenvalue weighted by Crippen LogP contribution is -2.37. The zero-order valence-corrected chi connectivity index (χ0v) is 10.5. The first-order valence-corrected chi connectivity index (χ1v) is 5.83. The van der Waals surface area contributed by atoms with E-state index in [2.05, 4.69) is 12.2 Å². The van der Waals surface area contributed by atoms with Crippen molar-refractivity contribution in [3.63, 3.8) is 0 Å². The molecular formula is C12H17FN2S. The number of rotatable bonds is 4. The molecule has 0 saturated heterocycles. The van der Waals surface area contributed by atoms with Crippen molar-refractivity contribution in [1.82, 2.24) is 5.32 Å².